The topological polar surface area (TPSA) is 22.0 Å². The lowest BCUT2D eigenvalue weighted by molar-refractivity contribution is 0.102. The van der Waals surface area contributed by atoms with Gasteiger partial charge in [-0.15, -0.1) is 0 Å². The van der Waals surface area contributed by atoms with Gasteiger partial charge in [0.25, 0.3) is 0 Å². The van der Waals surface area contributed by atoms with Crippen LogP contribution in [0.2, 0.25) is 0 Å². The Labute approximate surface area is 139 Å². The molecular formula is C17H22BrNOS. The average Bonchev–Trinajstić information content (AvgIpc) is 2.73. The lowest BCUT2D eigenvalue weighted by atomic mass is 10.1. The Morgan fingerprint density at radius 3 is 2.62 bits per heavy atom. The van der Waals surface area contributed by atoms with Crippen LogP contribution in [-0.4, -0.2) is 21.4 Å². The summed E-state index contributed by atoms with van der Waals surface area (Å²) in [6.45, 7) is 9.56. The monoisotopic (exact) mass is 367 g/mol. The number of fused-ring (bicyclic) bond motifs is 1. The minimum atomic E-state index is 0.225. The fraction of sp³-hybridized carbons (Fsp3) is 0.471. The van der Waals surface area contributed by atoms with Crippen molar-refractivity contribution in [3.8, 4) is 0 Å². The molecule has 1 aromatic heterocycles. The molecule has 1 heterocycles. The van der Waals surface area contributed by atoms with E-state index < -0.39 is 0 Å². The van der Waals surface area contributed by atoms with Gasteiger partial charge in [-0.2, -0.15) is 11.8 Å². The van der Waals surface area contributed by atoms with Gasteiger partial charge in [-0.05, 0) is 23.3 Å². The number of hydrogen-bond donors (Lipinski definition) is 0. The highest BCUT2D eigenvalue weighted by atomic mass is 79.9. The van der Waals surface area contributed by atoms with Gasteiger partial charge in [0.1, 0.15) is 0 Å². The molecule has 2 nitrogen and oxygen atoms in total. The van der Waals surface area contributed by atoms with E-state index in [1.54, 1.807) is 11.8 Å². The van der Waals surface area contributed by atoms with E-state index >= 15 is 0 Å². The van der Waals surface area contributed by atoms with Gasteiger partial charge < -0.3 is 4.57 Å². The summed E-state index contributed by atoms with van der Waals surface area (Å²) < 4.78 is 3.26. The minimum Gasteiger partial charge on any atom is -0.346 e. The number of hydrogen-bond acceptors (Lipinski definition) is 2. The predicted molar refractivity (Wildman–Crippen MR) is 96.4 cm³/mol. The van der Waals surface area contributed by atoms with E-state index in [1.165, 1.54) is 0 Å². The Bertz CT molecular complexity index is 646. The van der Waals surface area contributed by atoms with E-state index in [4.69, 9.17) is 0 Å². The molecule has 0 atom stereocenters. The highest BCUT2D eigenvalue weighted by molar-refractivity contribution is 9.10. The maximum Gasteiger partial charge on any atom is 0.174 e. The van der Waals surface area contributed by atoms with E-state index in [0.29, 0.717) is 16.9 Å². The van der Waals surface area contributed by atoms with Crippen molar-refractivity contribution in [2.75, 3.05) is 5.75 Å². The van der Waals surface area contributed by atoms with Crippen LogP contribution in [-0.2, 0) is 6.54 Å². The molecule has 0 N–H and O–H groups in total. The molecule has 0 unspecified atom stereocenters. The van der Waals surface area contributed by atoms with Crippen molar-refractivity contribution in [2.45, 2.75) is 39.5 Å². The quantitative estimate of drug-likeness (QED) is 0.638. The average molecular weight is 368 g/mol. The fourth-order valence-corrected chi connectivity index (χ4v) is 3.34. The van der Waals surface area contributed by atoms with E-state index in [-0.39, 0.29) is 5.78 Å². The van der Waals surface area contributed by atoms with Crippen LogP contribution < -0.4 is 0 Å². The third kappa shape index (κ3) is 4.13. The van der Waals surface area contributed by atoms with Gasteiger partial charge in [-0.25, -0.2) is 0 Å². The molecule has 0 radical (unpaired) electrons. The highest BCUT2D eigenvalue weighted by Gasteiger charge is 2.16. The van der Waals surface area contributed by atoms with Crippen molar-refractivity contribution < 1.29 is 4.79 Å². The largest absolute Gasteiger partial charge is 0.346 e. The van der Waals surface area contributed by atoms with Crippen LogP contribution in [0.5, 0.6) is 0 Å². The molecule has 0 fully saturated rings. The van der Waals surface area contributed by atoms with Gasteiger partial charge >= 0.3 is 0 Å². The summed E-state index contributed by atoms with van der Waals surface area (Å²) in [4.78, 5) is 12.5. The summed E-state index contributed by atoms with van der Waals surface area (Å²) >= 11 is 5.23. The second-order valence-corrected chi connectivity index (χ2v) is 8.51. The Kier molecular flexibility index (Phi) is 5.55. The first-order valence-corrected chi connectivity index (χ1v) is 9.16. The summed E-state index contributed by atoms with van der Waals surface area (Å²) in [5, 5.41) is 1.54. The first-order valence-electron chi connectivity index (χ1n) is 7.31. The number of Topliss-reactive ketones (excluding diaryl/α,β-unsaturated/α-hetero) is 1. The van der Waals surface area contributed by atoms with Crippen LogP contribution in [0.4, 0.5) is 0 Å². The van der Waals surface area contributed by atoms with Crippen molar-refractivity contribution in [1.82, 2.24) is 4.57 Å². The zero-order chi connectivity index (χ0) is 15.6. The Hall–Kier alpha value is -0.740. The normalized spacial score (nSPS) is 11.8. The summed E-state index contributed by atoms with van der Waals surface area (Å²) in [6, 6.07) is 6.15. The number of thioether (sulfide) groups is 1. The zero-order valence-electron chi connectivity index (χ0n) is 13.0. The third-order valence-corrected chi connectivity index (χ3v) is 4.84. The van der Waals surface area contributed by atoms with Crippen molar-refractivity contribution in [3.05, 3.63) is 34.4 Å². The molecular weight excluding hydrogens is 346 g/mol. The number of benzene rings is 1. The van der Waals surface area contributed by atoms with Gasteiger partial charge in [0.2, 0.25) is 0 Å². The van der Waals surface area contributed by atoms with Crippen molar-refractivity contribution in [2.24, 2.45) is 5.92 Å². The molecule has 0 aliphatic heterocycles. The van der Waals surface area contributed by atoms with E-state index in [0.717, 1.165) is 27.5 Å². The Morgan fingerprint density at radius 1 is 1.29 bits per heavy atom. The van der Waals surface area contributed by atoms with E-state index in [2.05, 4.69) is 54.3 Å². The van der Waals surface area contributed by atoms with E-state index in [1.807, 2.05) is 18.3 Å². The Morgan fingerprint density at radius 2 is 2.00 bits per heavy atom. The number of halogens is 1. The SMILES string of the molecule is CC(C)Cn1cc(C(=O)CSC(C)C)c2ccc(Br)cc21. The van der Waals surface area contributed by atoms with Crippen LogP contribution in [0.1, 0.15) is 38.1 Å². The number of ketones is 1. The summed E-state index contributed by atoms with van der Waals surface area (Å²) in [7, 11) is 0. The van der Waals surface area contributed by atoms with Crippen LogP contribution >= 0.6 is 27.7 Å². The number of carbonyl (C=O) groups excluding carboxylic acids is 1. The number of rotatable bonds is 6. The third-order valence-electron chi connectivity index (χ3n) is 3.25. The number of carbonyl (C=O) groups is 1. The van der Waals surface area contributed by atoms with Crippen LogP contribution in [0.25, 0.3) is 10.9 Å². The second kappa shape index (κ2) is 7.01. The highest BCUT2D eigenvalue weighted by Crippen LogP contribution is 2.27. The Balaban J connectivity index is 2.41. The van der Waals surface area contributed by atoms with Gasteiger partial charge in [0.05, 0.1) is 5.75 Å². The smallest absolute Gasteiger partial charge is 0.174 e. The molecule has 0 bridgehead atoms. The van der Waals surface area contributed by atoms with Crippen molar-refractivity contribution in [1.29, 1.82) is 0 Å². The first-order chi connectivity index (χ1) is 9.88. The molecule has 1 aromatic carbocycles. The van der Waals surface area contributed by atoms with Crippen LogP contribution in [0.15, 0.2) is 28.9 Å². The molecule has 0 saturated heterocycles. The van der Waals surface area contributed by atoms with Gasteiger partial charge in [0, 0.05) is 33.7 Å². The molecule has 2 aromatic rings. The lowest BCUT2D eigenvalue weighted by Gasteiger charge is -2.08. The summed E-state index contributed by atoms with van der Waals surface area (Å²) in [6.07, 6.45) is 2.03. The molecule has 4 heteroatoms. The van der Waals surface area contributed by atoms with Crippen molar-refractivity contribution in [3.63, 3.8) is 0 Å². The van der Waals surface area contributed by atoms with Gasteiger partial charge in [0.15, 0.2) is 5.78 Å². The minimum absolute atomic E-state index is 0.225. The van der Waals surface area contributed by atoms with Gasteiger partial charge in [-0.3, -0.25) is 4.79 Å². The maximum absolute atomic E-state index is 12.5. The molecule has 0 aliphatic carbocycles. The second-order valence-electron chi connectivity index (χ2n) is 6.03. The van der Waals surface area contributed by atoms with Gasteiger partial charge in [-0.1, -0.05) is 49.7 Å². The molecule has 21 heavy (non-hydrogen) atoms. The molecule has 0 saturated carbocycles. The maximum atomic E-state index is 12.5. The molecule has 2 rings (SSSR count). The first kappa shape index (κ1) is 16.6. The standard InChI is InChI=1S/C17H22BrNOS/c1-11(2)8-19-9-15(17(20)10-21-12(3)4)14-6-5-13(18)7-16(14)19/h5-7,9,11-12H,8,10H2,1-4H3. The fourth-order valence-electron chi connectivity index (χ4n) is 2.35. The van der Waals surface area contributed by atoms with Crippen LogP contribution in [0.3, 0.4) is 0 Å². The zero-order valence-corrected chi connectivity index (χ0v) is 15.4. The molecule has 0 amide bonds. The summed E-state index contributed by atoms with van der Waals surface area (Å²) in [5.74, 6) is 1.32. The number of aromatic nitrogens is 1. The molecule has 0 spiro atoms. The summed E-state index contributed by atoms with van der Waals surface area (Å²) in [5.41, 5.74) is 1.99. The number of nitrogens with zero attached hydrogens (tertiary/aromatic N) is 1. The lowest BCUT2D eigenvalue weighted by Crippen LogP contribution is -2.05. The van der Waals surface area contributed by atoms with Crippen LogP contribution in [0, 0.1) is 5.92 Å². The van der Waals surface area contributed by atoms with Crippen molar-refractivity contribution >= 4 is 44.4 Å². The molecule has 0 aliphatic rings. The molecule has 114 valence electrons. The predicted octanol–water partition coefficient (Wildman–Crippen LogP) is 5.38. The van der Waals surface area contributed by atoms with E-state index in [9.17, 15) is 4.79 Å².